The molecule has 4 nitrogen and oxygen atoms in total. The number of hydrogen-bond donors (Lipinski definition) is 1. The number of rotatable bonds is 4. The van der Waals surface area contributed by atoms with Crippen LogP contribution in [-0.2, 0) is 14.3 Å². The molecule has 0 saturated carbocycles. The fourth-order valence-corrected chi connectivity index (χ4v) is 3.52. The van der Waals surface area contributed by atoms with Crippen LogP contribution in [0.25, 0.3) is 5.76 Å². The highest BCUT2D eigenvalue weighted by Crippen LogP contribution is 2.48. The molecule has 0 heterocycles. The average molecular weight is 336 g/mol. The maximum atomic E-state index is 12.8. The van der Waals surface area contributed by atoms with Gasteiger partial charge in [-0.2, -0.15) is 0 Å². The second-order valence-electron chi connectivity index (χ2n) is 6.02. The number of allylic oxidation sites excluding steroid dienone is 1. The van der Waals surface area contributed by atoms with Gasteiger partial charge in [0.2, 0.25) is 0 Å². The molecule has 0 aliphatic heterocycles. The van der Waals surface area contributed by atoms with Crippen LogP contribution in [-0.4, -0.2) is 23.5 Å². The lowest BCUT2D eigenvalue weighted by atomic mass is 9.70. The number of ether oxygens (including phenoxy) is 1. The minimum atomic E-state index is -0.673. The Morgan fingerprint density at radius 1 is 1.04 bits per heavy atom. The van der Waals surface area contributed by atoms with Gasteiger partial charge in [-0.3, -0.25) is 9.59 Å². The fraction of sp³-hybridized carbons (Fsp3) is 0.238. The quantitative estimate of drug-likeness (QED) is 0.858. The molecule has 0 bridgehead atoms. The maximum absolute atomic E-state index is 12.8. The lowest BCUT2D eigenvalue weighted by Crippen LogP contribution is -2.30. The van der Waals surface area contributed by atoms with E-state index in [2.05, 4.69) is 0 Å². The van der Waals surface area contributed by atoms with Crippen molar-refractivity contribution in [2.45, 2.75) is 25.7 Å². The summed E-state index contributed by atoms with van der Waals surface area (Å²) >= 11 is 0. The van der Waals surface area contributed by atoms with Crippen molar-refractivity contribution in [3.05, 3.63) is 76.9 Å². The Balaban J connectivity index is 2.29. The molecule has 1 aliphatic rings. The van der Waals surface area contributed by atoms with E-state index in [4.69, 9.17) is 4.74 Å². The van der Waals surface area contributed by atoms with E-state index >= 15 is 0 Å². The Morgan fingerprint density at radius 3 is 2.32 bits per heavy atom. The van der Waals surface area contributed by atoms with Gasteiger partial charge in [0.15, 0.2) is 5.78 Å². The molecule has 1 N–H and O–H groups in total. The van der Waals surface area contributed by atoms with Crippen LogP contribution in [0.2, 0.25) is 0 Å². The summed E-state index contributed by atoms with van der Waals surface area (Å²) in [6, 6.07) is 16.4. The Kier molecular flexibility index (Phi) is 4.70. The second-order valence-corrected chi connectivity index (χ2v) is 6.02. The summed E-state index contributed by atoms with van der Waals surface area (Å²) in [5, 5.41) is 10.8. The number of ketones is 1. The van der Waals surface area contributed by atoms with Gasteiger partial charge in [-0.25, -0.2) is 0 Å². The van der Waals surface area contributed by atoms with E-state index in [1.165, 1.54) is 6.92 Å². The first-order valence-electron chi connectivity index (χ1n) is 8.31. The number of carbonyl (C=O) groups is 2. The third kappa shape index (κ3) is 2.95. The molecule has 2 aromatic carbocycles. The van der Waals surface area contributed by atoms with Crippen LogP contribution in [0.5, 0.6) is 0 Å². The van der Waals surface area contributed by atoms with Gasteiger partial charge >= 0.3 is 5.97 Å². The van der Waals surface area contributed by atoms with Gasteiger partial charge in [0, 0.05) is 17.1 Å². The number of aliphatic hydroxyl groups is 1. The summed E-state index contributed by atoms with van der Waals surface area (Å²) in [5.41, 5.74) is 2.24. The van der Waals surface area contributed by atoms with Gasteiger partial charge in [0.1, 0.15) is 5.76 Å². The first kappa shape index (κ1) is 17.0. The maximum Gasteiger partial charge on any atom is 0.314 e. The lowest BCUT2D eigenvalue weighted by Gasteiger charge is -2.33. The van der Waals surface area contributed by atoms with Gasteiger partial charge in [-0.15, -0.1) is 0 Å². The molecule has 2 atom stereocenters. The van der Waals surface area contributed by atoms with Gasteiger partial charge in [-0.1, -0.05) is 54.6 Å². The topological polar surface area (TPSA) is 63.6 Å². The van der Waals surface area contributed by atoms with Gasteiger partial charge in [0.05, 0.1) is 12.5 Å². The van der Waals surface area contributed by atoms with Crippen LogP contribution in [0.15, 0.2) is 60.2 Å². The van der Waals surface area contributed by atoms with Crippen LogP contribution < -0.4 is 0 Å². The zero-order chi connectivity index (χ0) is 18.0. The van der Waals surface area contributed by atoms with Crippen molar-refractivity contribution < 1.29 is 19.4 Å². The first-order valence-corrected chi connectivity index (χ1v) is 8.31. The summed E-state index contributed by atoms with van der Waals surface area (Å²) in [5.74, 6) is -1.95. The summed E-state index contributed by atoms with van der Waals surface area (Å²) < 4.78 is 5.30. The first-order chi connectivity index (χ1) is 12.1. The van der Waals surface area contributed by atoms with Crippen molar-refractivity contribution in [3.63, 3.8) is 0 Å². The van der Waals surface area contributed by atoms with Gasteiger partial charge in [-0.05, 0) is 25.0 Å². The van der Waals surface area contributed by atoms with Crippen molar-refractivity contribution >= 4 is 17.5 Å². The average Bonchev–Trinajstić information content (AvgIpc) is 2.62. The summed E-state index contributed by atoms with van der Waals surface area (Å²) in [6.45, 7) is 3.42. The Hall–Kier alpha value is -2.88. The predicted molar refractivity (Wildman–Crippen MR) is 95.2 cm³/mol. The predicted octanol–water partition coefficient (Wildman–Crippen LogP) is 3.99. The normalized spacial score (nSPS) is 19.3. The molecule has 2 aromatic rings. The number of aliphatic hydroxyl groups excluding tert-OH is 1. The molecule has 0 amide bonds. The Morgan fingerprint density at radius 2 is 1.68 bits per heavy atom. The van der Waals surface area contributed by atoms with Crippen molar-refractivity contribution in [1.29, 1.82) is 0 Å². The summed E-state index contributed by atoms with van der Waals surface area (Å²) in [7, 11) is 0. The summed E-state index contributed by atoms with van der Waals surface area (Å²) in [6.07, 6.45) is 0. The van der Waals surface area contributed by atoms with Crippen molar-refractivity contribution in [2.24, 2.45) is 0 Å². The van der Waals surface area contributed by atoms with E-state index in [-0.39, 0.29) is 23.7 Å². The van der Waals surface area contributed by atoms with Crippen LogP contribution in [0.3, 0.4) is 0 Å². The minimum Gasteiger partial charge on any atom is -0.507 e. The van der Waals surface area contributed by atoms with Crippen LogP contribution >= 0.6 is 0 Å². The molecule has 0 unspecified atom stereocenters. The standard InChI is InChI=1S/C21H20O4/c1-3-25-21(24)19-15-11-7-8-12-16(15)20(23)17(13(2)22)18(19)14-9-5-4-6-10-14/h4-12,18-19,23H,3H2,1-2H3/t18-,19-/m0/s1. The van der Waals surface area contributed by atoms with E-state index in [0.29, 0.717) is 11.1 Å². The van der Waals surface area contributed by atoms with Crippen molar-refractivity contribution in [2.75, 3.05) is 6.61 Å². The van der Waals surface area contributed by atoms with E-state index < -0.39 is 17.8 Å². The van der Waals surface area contributed by atoms with Crippen LogP contribution in [0, 0.1) is 0 Å². The third-order valence-corrected chi connectivity index (χ3v) is 4.53. The molecule has 128 valence electrons. The summed E-state index contributed by atoms with van der Waals surface area (Å²) in [4.78, 5) is 25.1. The van der Waals surface area contributed by atoms with Gasteiger partial charge in [0.25, 0.3) is 0 Å². The molecule has 0 saturated heterocycles. The molecule has 1 aliphatic carbocycles. The Labute approximate surface area is 146 Å². The van der Waals surface area contributed by atoms with E-state index in [1.807, 2.05) is 36.4 Å². The monoisotopic (exact) mass is 336 g/mol. The zero-order valence-electron chi connectivity index (χ0n) is 14.2. The van der Waals surface area contributed by atoms with E-state index in [1.54, 1.807) is 25.1 Å². The van der Waals surface area contributed by atoms with Gasteiger partial charge < -0.3 is 9.84 Å². The molecule has 0 spiro atoms. The Bertz CT molecular complexity index is 836. The highest BCUT2D eigenvalue weighted by Gasteiger charge is 2.43. The zero-order valence-corrected chi connectivity index (χ0v) is 14.2. The number of esters is 1. The largest absolute Gasteiger partial charge is 0.507 e. The van der Waals surface area contributed by atoms with Crippen molar-refractivity contribution in [3.8, 4) is 0 Å². The smallest absolute Gasteiger partial charge is 0.314 e. The van der Waals surface area contributed by atoms with E-state index in [9.17, 15) is 14.7 Å². The molecular weight excluding hydrogens is 316 g/mol. The number of fused-ring (bicyclic) bond motifs is 1. The highest BCUT2D eigenvalue weighted by atomic mass is 16.5. The second kappa shape index (κ2) is 6.93. The molecule has 25 heavy (non-hydrogen) atoms. The van der Waals surface area contributed by atoms with E-state index in [0.717, 1.165) is 5.56 Å². The molecule has 0 aromatic heterocycles. The van der Waals surface area contributed by atoms with Crippen LogP contribution in [0.4, 0.5) is 0 Å². The molecule has 0 radical (unpaired) electrons. The SMILES string of the molecule is CCOC(=O)[C@H]1c2ccccc2C(O)=C(C(C)=O)[C@@H]1c1ccccc1. The minimum absolute atomic E-state index is 0.0579. The molecule has 3 rings (SSSR count). The number of Topliss-reactive ketones (excluding diaryl/α,β-unsaturated/α-hetero) is 1. The van der Waals surface area contributed by atoms with Crippen LogP contribution in [0.1, 0.15) is 42.4 Å². The molecule has 0 fully saturated rings. The fourth-order valence-electron chi connectivity index (χ4n) is 3.52. The lowest BCUT2D eigenvalue weighted by molar-refractivity contribution is -0.145. The van der Waals surface area contributed by atoms with Crippen molar-refractivity contribution in [1.82, 2.24) is 0 Å². The number of benzene rings is 2. The third-order valence-electron chi connectivity index (χ3n) is 4.53. The molecule has 4 heteroatoms. The number of carbonyl (C=O) groups excluding carboxylic acids is 2. The highest BCUT2D eigenvalue weighted by molar-refractivity contribution is 6.04. The number of hydrogen-bond acceptors (Lipinski definition) is 4. The molecular formula is C21H20O4.